The van der Waals surface area contributed by atoms with Gasteiger partial charge in [-0.1, -0.05) is 24.3 Å². The Balaban J connectivity index is 1.67. The van der Waals surface area contributed by atoms with Gasteiger partial charge in [0.25, 0.3) is 5.91 Å². The van der Waals surface area contributed by atoms with Crippen LogP contribution in [0.4, 0.5) is 5.69 Å². The van der Waals surface area contributed by atoms with E-state index in [1.807, 2.05) is 60.0 Å². The maximum Gasteiger partial charge on any atom is 0.274 e. The summed E-state index contributed by atoms with van der Waals surface area (Å²) >= 11 is 0. The number of ether oxygens (including phenoxy) is 1. The molecule has 162 valence electrons. The first-order valence-corrected chi connectivity index (χ1v) is 9.99. The van der Waals surface area contributed by atoms with Crippen molar-refractivity contribution in [1.29, 1.82) is 0 Å². The summed E-state index contributed by atoms with van der Waals surface area (Å²) < 4.78 is 8.61. The second-order valence-corrected chi connectivity index (χ2v) is 6.92. The summed E-state index contributed by atoms with van der Waals surface area (Å²) in [6.07, 6.45) is 3.38. The van der Waals surface area contributed by atoms with Gasteiger partial charge in [0.1, 0.15) is 17.8 Å². The van der Waals surface area contributed by atoms with Crippen LogP contribution in [0.1, 0.15) is 18.3 Å². The molecule has 0 aliphatic carbocycles. The minimum Gasteiger partial charge on any atom is -0.497 e. The van der Waals surface area contributed by atoms with Crippen molar-refractivity contribution in [3.8, 4) is 17.1 Å². The third-order valence-corrected chi connectivity index (χ3v) is 4.82. The Hall–Kier alpha value is -4.34. The second kappa shape index (κ2) is 9.21. The number of nitrogens with zero attached hydrogens (tertiary/aromatic N) is 7. The molecule has 0 aliphatic heterocycles. The maximum atomic E-state index is 13.3. The predicted molar refractivity (Wildman–Crippen MR) is 119 cm³/mol. The highest BCUT2D eigenvalue weighted by Crippen LogP contribution is 2.23. The van der Waals surface area contributed by atoms with Crippen LogP contribution in [-0.4, -0.2) is 48.0 Å². The summed E-state index contributed by atoms with van der Waals surface area (Å²) in [7, 11) is 1.59. The molecule has 0 radical (unpaired) electrons. The molecule has 0 bridgehead atoms. The van der Waals surface area contributed by atoms with E-state index in [1.165, 1.54) is 4.68 Å². The molecule has 10 heteroatoms. The number of benzene rings is 2. The van der Waals surface area contributed by atoms with Gasteiger partial charge < -0.3 is 14.6 Å². The molecule has 0 saturated heterocycles. The molecule has 0 saturated carbocycles. The lowest BCUT2D eigenvalue weighted by molar-refractivity contribution is -0.111. The fourth-order valence-corrected chi connectivity index (χ4v) is 3.21. The topological polar surface area (TPSA) is 113 Å². The van der Waals surface area contributed by atoms with Crippen LogP contribution in [0.15, 0.2) is 54.9 Å². The SMILES string of the molecule is CCn1cnnc1-c1cccc(NC(=O)/C(=C/c2cccc(OC)c2)n2nnnc2C)c1. The minimum atomic E-state index is -0.364. The number of carbonyl (C=O) groups excluding carboxylic acids is 1. The minimum absolute atomic E-state index is 0.267. The Morgan fingerprint density at radius 1 is 1.16 bits per heavy atom. The summed E-state index contributed by atoms with van der Waals surface area (Å²) in [5, 5.41) is 22.6. The van der Waals surface area contributed by atoms with E-state index in [-0.39, 0.29) is 11.6 Å². The number of methoxy groups -OCH3 is 1. The quantitative estimate of drug-likeness (QED) is 0.449. The van der Waals surface area contributed by atoms with Gasteiger partial charge in [-0.2, -0.15) is 4.68 Å². The molecule has 0 spiro atoms. The Kier molecular flexibility index (Phi) is 6.02. The molecule has 2 heterocycles. The van der Waals surface area contributed by atoms with Crippen molar-refractivity contribution in [3.05, 3.63) is 66.2 Å². The van der Waals surface area contributed by atoms with Gasteiger partial charge in [-0.05, 0) is 60.2 Å². The highest BCUT2D eigenvalue weighted by molar-refractivity contribution is 6.24. The molecular formula is C22H22N8O2. The van der Waals surface area contributed by atoms with Crippen molar-refractivity contribution in [3.63, 3.8) is 0 Å². The molecule has 0 unspecified atom stereocenters. The first kappa shape index (κ1) is 20.9. The van der Waals surface area contributed by atoms with E-state index in [0.29, 0.717) is 17.3 Å². The Bertz CT molecular complexity index is 1270. The number of aryl methyl sites for hydroxylation is 2. The van der Waals surface area contributed by atoms with Crippen LogP contribution in [0, 0.1) is 6.92 Å². The molecule has 0 fully saturated rings. The highest BCUT2D eigenvalue weighted by Gasteiger charge is 2.17. The summed E-state index contributed by atoms with van der Waals surface area (Å²) in [6, 6.07) is 14.8. The van der Waals surface area contributed by atoms with Crippen molar-refractivity contribution in [1.82, 2.24) is 35.0 Å². The Morgan fingerprint density at radius 3 is 2.75 bits per heavy atom. The molecular weight excluding hydrogens is 408 g/mol. The summed E-state index contributed by atoms with van der Waals surface area (Å²) in [6.45, 7) is 4.48. The number of rotatable bonds is 7. The van der Waals surface area contributed by atoms with Gasteiger partial charge in [0.05, 0.1) is 7.11 Å². The lowest BCUT2D eigenvalue weighted by atomic mass is 10.1. The molecule has 2 aromatic carbocycles. The number of hydrogen-bond acceptors (Lipinski definition) is 7. The van der Waals surface area contributed by atoms with E-state index in [0.717, 1.165) is 23.5 Å². The molecule has 0 aliphatic rings. The molecule has 1 amide bonds. The van der Waals surface area contributed by atoms with E-state index >= 15 is 0 Å². The number of nitrogens with one attached hydrogen (secondary N) is 1. The largest absolute Gasteiger partial charge is 0.497 e. The number of tetrazole rings is 1. The summed E-state index contributed by atoms with van der Waals surface area (Å²) in [5.74, 6) is 1.53. The summed E-state index contributed by atoms with van der Waals surface area (Å²) in [5.41, 5.74) is 2.50. The van der Waals surface area contributed by atoms with Gasteiger partial charge in [-0.15, -0.1) is 15.3 Å². The molecule has 4 aromatic rings. The van der Waals surface area contributed by atoms with Gasteiger partial charge >= 0.3 is 0 Å². The first-order valence-electron chi connectivity index (χ1n) is 9.99. The number of anilines is 1. The average Bonchev–Trinajstić information content (AvgIpc) is 3.46. The third kappa shape index (κ3) is 4.38. The molecule has 0 atom stereocenters. The van der Waals surface area contributed by atoms with Crippen molar-refractivity contribution in [2.75, 3.05) is 12.4 Å². The number of aromatic nitrogens is 7. The van der Waals surface area contributed by atoms with Crippen LogP contribution in [0.2, 0.25) is 0 Å². The van der Waals surface area contributed by atoms with Gasteiger partial charge in [-0.3, -0.25) is 4.79 Å². The van der Waals surface area contributed by atoms with E-state index in [2.05, 4.69) is 31.0 Å². The van der Waals surface area contributed by atoms with Gasteiger partial charge in [-0.25, -0.2) is 0 Å². The number of amides is 1. The van der Waals surface area contributed by atoms with E-state index < -0.39 is 0 Å². The van der Waals surface area contributed by atoms with E-state index in [1.54, 1.807) is 26.4 Å². The highest BCUT2D eigenvalue weighted by atomic mass is 16.5. The van der Waals surface area contributed by atoms with E-state index in [9.17, 15) is 4.79 Å². The first-order chi connectivity index (χ1) is 15.6. The lowest BCUT2D eigenvalue weighted by Crippen LogP contribution is -2.19. The molecule has 1 N–H and O–H groups in total. The lowest BCUT2D eigenvalue weighted by Gasteiger charge is -2.11. The molecule has 2 aromatic heterocycles. The molecule has 10 nitrogen and oxygen atoms in total. The number of carbonyl (C=O) groups is 1. The maximum absolute atomic E-state index is 13.3. The average molecular weight is 430 g/mol. The monoisotopic (exact) mass is 430 g/mol. The van der Waals surface area contributed by atoms with Crippen molar-refractivity contribution < 1.29 is 9.53 Å². The Labute approximate surface area is 184 Å². The fourth-order valence-electron chi connectivity index (χ4n) is 3.21. The van der Waals surface area contributed by atoms with Crippen LogP contribution in [0.25, 0.3) is 23.2 Å². The second-order valence-electron chi connectivity index (χ2n) is 6.92. The predicted octanol–water partition coefficient (Wildman–Crippen LogP) is 2.91. The zero-order valence-electron chi connectivity index (χ0n) is 17.9. The summed E-state index contributed by atoms with van der Waals surface area (Å²) in [4.78, 5) is 13.3. The Morgan fingerprint density at radius 2 is 2.00 bits per heavy atom. The van der Waals surface area contributed by atoms with Crippen molar-refractivity contribution in [2.45, 2.75) is 20.4 Å². The number of hydrogen-bond donors (Lipinski definition) is 1. The van der Waals surface area contributed by atoms with Crippen molar-refractivity contribution in [2.24, 2.45) is 0 Å². The molecule has 32 heavy (non-hydrogen) atoms. The standard InChI is InChI=1S/C22H22N8O2/c1-4-29-14-23-26-21(29)17-8-6-9-18(13-17)24-22(31)20(30-15(2)25-27-28-30)12-16-7-5-10-19(11-16)32-3/h5-14H,4H2,1-3H3,(H,24,31)/b20-12-. The van der Waals surface area contributed by atoms with Crippen LogP contribution in [0.5, 0.6) is 5.75 Å². The normalized spacial score (nSPS) is 11.4. The van der Waals surface area contributed by atoms with E-state index in [4.69, 9.17) is 4.74 Å². The zero-order chi connectivity index (χ0) is 22.5. The van der Waals surface area contributed by atoms with Gasteiger partial charge in [0.2, 0.25) is 0 Å². The van der Waals surface area contributed by atoms with Crippen LogP contribution in [0.3, 0.4) is 0 Å². The van der Waals surface area contributed by atoms with Gasteiger partial charge in [0, 0.05) is 17.8 Å². The smallest absolute Gasteiger partial charge is 0.274 e. The third-order valence-electron chi connectivity index (χ3n) is 4.82. The molecule has 4 rings (SSSR count). The van der Waals surface area contributed by atoms with Crippen molar-refractivity contribution >= 4 is 23.4 Å². The van der Waals surface area contributed by atoms with Gasteiger partial charge in [0.15, 0.2) is 11.6 Å². The fraction of sp³-hybridized carbons (Fsp3) is 0.182. The van der Waals surface area contributed by atoms with Crippen LogP contribution in [-0.2, 0) is 11.3 Å². The van der Waals surface area contributed by atoms with Crippen LogP contribution >= 0.6 is 0 Å². The zero-order valence-corrected chi connectivity index (χ0v) is 17.9. The van der Waals surface area contributed by atoms with Crippen LogP contribution < -0.4 is 10.1 Å².